The highest BCUT2D eigenvalue weighted by molar-refractivity contribution is 6.23. The van der Waals surface area contributed by atoms with E-state index < -0.39 is 11.5 Å². The summed E-state index contributed by atoms with van der Waals surface area (Å²) in [6.45, 7) is 2.00. The molecule has 1 heterocycles. The molecular formula is C20H14O5. The Hall–Kier alpha value is -2.79. The van der Waals surface area contributed by atoms with Gasteiger partial charge in [0.25, 0.3) is 0 Å². The Bertz CT molecular complexity index is 1040. The summed E-state index contributed by atoms with van der Waals surface area (Å²) in [5.74, 6) is -0.586. The van der Waals surface area contributed by atoms with Crippen molar-refractivity contribution in [3.63, 3.8) is 0 Å². The molecule has 2 atom stereocenters. The van der Waals surface area contributed by atoms with Gasteiger partial charge in [0.1, 0.15) is 0 Å². The lowest BCUT2D eigenvalue weighted by Gasteiger charge is -2.40. The van der Waals surface area contributed by atoms with Crippen molar-refractivity contribution in [1.29, 1.82) is 0 Å². The lowest BCUT2D eigenvalue weighted by atomic mass is 9.62. The fourth-order valence-electron chi connectivity index (χ4n) is 4.43. The summed E-state index contributed by atoms with van der Waals surface area (Å²) >= 11 is 0. The van der Waals surface area contributed by atoms with Crippen LogP contribution in [0.25, 0.3) is 0 Å². The topological polar surface area (TPSA) is 84.6 Å². The molecule has 0 radical (unpaired) electrons. The van der Waals surface area contributed by atoms with Crippen molar-refractivity contribution in [1.82, 2.24) is 0 Å². The van der Waals surface area contributed by atoms with Crippen LogP contribution < -0.4 is 0 Å². The Morgan fingerprint density at radius 1 is 1.08 bits per heavy atom. The van der Waals surface area contributed by atoms with Crippen molar-refractivity contribution in [3.05, 3.63) is 69.7 Å². The molecule has 3 aliphatic carbocycles. The van der Waals surface area contributed by atoms with Gasteiger partial charge in [-0.05, 0) is 42.7 Å². The number of benzene rings is 1. The van der Waals surface area contributed by atoms with Gasteiger partial charge in [-0.3, -0.25) is 14.4 Å². The smallest absolute Gasteiger partial charge is 0.228 e. The van der Waals surface area contributed by atoms with E-state index in [1.165, 1.54) is 24.5 Å². The molecule has 5 nitrogen and oxygen atoms in total. The largest absolute Gasteiger partial charge is 0.460 e. The number of furan rings is 1. The number of hydrogen-bond donors (Lipinski definition) is 1. The van der Waals surface area contributed by atoms with Crippen molar-refractivity contribution >= 4 is 17.3 Å². The number of aliphatic hydroxyl groups is 1. The predicted octanol–water partition coefficient (Wildman–Crippen LogP) is 2.89. The number of rotatable bonds is 0. The summed E-state index contributed by atoms with van der Waals surface area (Å²) in [5, 5.41) is 10.3. The zero-order chi connectivity index (χ0) is 17.5. The summed E-state index contributed by atoms with van der Waals surface area (Å²) in [4.78, 5) is 37.3. The van der Waals surface area contributed by atoms with Gasteiger partial charge >= 0.3 is 0 Å². The summed E-state index contributed by atoms with van der Waals surface area (Å²) in [6, 6.07) is 3.21. The average molecular weight is 334 g/mol. The highest BCUT2D eigenvalue weighted by Gasteiger charge is 2.48. The third kappa shape index (κ3) is 1.63. The second-order valence-electron chi connectivity index (χ2n) is 7.12. The Morgan fingerprint density at radius 2 is 1.76 bits per heavy atom. The van der Waals surface area contributed by atoms with Crippen molar-refractivity contribution in [2.45, 2.75) is 31.3 Å². The first kappa shape index (κ1) is 14.5. The van der Waals surface area contributed by atoms with E-state index in [0.717, 1.165) is 5.56 Å². The molecule has 0 amide bonds. The molecule has 0 bridgehead atoms. The fraction of sp³-hybridized carbons (Fsp3) is 0.250. The maximum absolute atomic E-state index is 12.9. The van der Waals surface area contributed by atoms with Crippen LogP contribution in [0.5, 0.6) is 0 Å². The van der Waals surface area contributed by atoms with Crippen LogP contribution in [-0.2, 0) is 5.41 Å². The molecule has 25 heavy (non-hydrogen) atoms. The molecule has 0 saturated heterocycles. The van der Waals surface area contributed by atoms with Gasteiger partial charge in [0.15, 0.2) is 17.3 Å². The Morgan fingerprint density at radius 3 is 2.48 bits per heavy atom. The number of carbonyl (C=O) groups is 3. The minimum absolute atomic E-state index is 0.230. The molecular weight excluding hydrogens is 320 g/mol. The third-order valence-corrected chi connectivity index (χ3v) is 5.77. The molecule has 2 aromatic rings. The van der Waals surface area contributed by atoms with Gasteiger partial charge in [-0.1, -0.05) is 6.92 Å². The van der Waals surface area contributed by atoms with Crippen LogP contribution in [0, 0.1) is 0 Å². The number of ketones is 3. The van der Waals surface area contributed by atoms with Crippen LogP contribution in [0.4, 0.5) is 0 Å². The lowest BCUT2D eigenvalue weighted by Crippen LogP contribution is -2.37. The normalized spacial score (nSPS) is 26.3. The van der Waals surface area contributed by atoms with Crippen molar-refractivity contribution in [3.8, 4) is 0 Å². The molecule has 1 aromatic carbocycles. The zero-order valence-electron chi connectivity index (χ0n) is 13.5. The molecule has 0 spiro atoms. The van der Waals surface area contributed by atoms with Gasteiger partial charge in [0, 0.05) is 33.2 Å². The number of hydrogen-bond acceptors (Lipinski definition) is 5. The van der Waals surface area contributed by atoms with Crippen LogP contribution >= 0.6 is 0 Å². The van der Waals surface area contributed by atoms with Gasteiger partial charge in [0.05, 0.1) is 12.4 Å². The van der Waals surface area contributed by atoms with Crippen molar-refractivity contribution in [2.24, 2.45) is 0 Å². The number of carbonyl (C=O) groups excluding carboxylic acids is 3. The van der Waals surface area contributed by atoms with E-state index in [0.29, 0.717) is 35.1 Å². The van der Waals surface area contributed by atoms with E-state index in [9.17, 15) is 19.5 Å². The summed E-state index contributed by atoms with van der Waals surface area (Å²) in [5.41, 5.74) is 2.56. The first-order valence-electron chi connectivity index (χ1n) is 8.21. The monoisotopic (exact) mass is 334 g/mol. The maximum atomic E-state index is 12.9. The van der Waals surface area contributed by atoms with E-state index in [2.05, 4.69) is 0 Å². The van der Waals surface area contributed by atoms with Gasteiger partial charge in [-0.2, -0.15) is 0 Å². The molecule has 0 aliphatic heterocycles. The predicted molar refractivity (Wildman–Crippen MR) is 87.0 cm³/mol. The third-order valence-electron chi connectivity index (χ3n) is 5.77. The highest BCUT2D eigenvalue weighted by atomic mass is 16.3. The second kappa shape index (κ2) is 4.43. The zero-order valence-corrected chi connectivity index (χ0v) is 13.5. The molecule has 1 aromatic heterocycles. The first-order chi connectivity index (χ1) is 11.9. The maximum Gasteiger partial charge on any atom is 0.228 e. The quantitative estimate of drug-likeness (QED) is 0.801. The molecule has 0 unspecified atom stereocenters. The van der Waals surface area contributed by atoms with E-state index in [1.807, 2.05) is 6.92 Å². The number of aliphatic hydroxyl groups excluding tert-OH is 1. The van der Waals surface area contributed by atoms with Gasteiger partial charge < -0.3 is 9.52 Å². The van der Waals surface area contributed by atoms with Crippen LogP contribution in [0.3, 0.4) is 0 Å². The Balaban J connectivity index is 1.85. The molecule has 124 valence electrons. The van der Waals surface area contributed by atoms with E-state index in [-0.39, 0.29) is 28.7 Å². The average Bonchev–Trinajstić information content (AvgIpc) is 3.06. The van der Waals surface area contributed by atoms with Crippen molar-refractivity contribution in [2.75, 3.05) is 0 Å². The van der Waals surface area contributed by atoms with Gasteiger partial charge in [0.2, 0.25) is 5.78 Å². The lowest BCUT2D eigenvalue weighted by molar-refractivity contribution is 0.0984. The van der Waals surface area contributed by atoms with E-state index in [1.54, 1.807) is 6.07 Å². The molecule has 5 rings (SSSR count). The molecule has 5 heteroatoms. The Labute approximate surface area is 143 Å². The Kier molecular flexibility index (Phi) is 2.58. The second-order valence-corrected chi connectivity index (χ2v) is 7.12. The standard InChI is InChI=1S/C20H14O5/c1-20-5-4-16(23)12-8-25-19(17(12)20)18(24)11-6-9-10(7-13(11)20)15(22)3-2-14(9)21/h2-3,6-8,16,23H,4-5H2,1H3/t16-,20-/m0/s1. The van der Waals surface area contributed by atoms with E-state index >= 15 is 0 Å². The van der Waals surface area contributed by atoms with Gasteiger partial charge in [-0.25, -0.2) is 0 Å². The summed E-state index contributed by atoms with van der Waals surface area (Å²) in [7, 11) is 0. The molecule has 0 fully saturated rings. The summed E-state index contributed by atoms with van der Waals surface area (Å²) in [6.07, 6.45) is 4.47. The minimum Gasteiger partial charge on any atom is -0.460 e. The van der Waals surface area contributed by atoms with Gasteiger partial charge in [-0.15, -0.1) is 0 Å². The fourth-order valence-corrected chi connectivity index (χ4v) is 4.43. The van der Waals surface area contributed by atoms with Crippen LogP contribution in [0.15, 0.2) is 35.0 Å². The molecule has 0 saturated carbocycles. The van der Waals surface area contributed by atoms with Crippen LogP contribution in [-0.4, -0.2) is 22.5 Å². The number of allylic oxidation sites excluding steroid dienone is 2. The minimum atomic E-state index is -0.654. The SMILES string of the molecule is C[C@@]12CC[C@H](O)c3coc(c31)C(=O)c1cc3c(cc12)C(=O)C=CC3=O. The van der Waals surface area contributed by atoms with Crippen LogP contribution in [0.1, 0.15) is 79.4 Å². The molecule has 1 N–H and O–H groups in total. The first-order valence-corrected chi connectivity index (χ1v) is 8.21. The van der Waals surface area contributed by atoms with E-state index in [4.69, 9.17) is 4.42 Å². The summed E-state index contributed by atoms with van der Waals surface area (Å²) < 4.78 is 5.51. The van der Waals surface area contributed by atoms with Crippen molar-refractivity contribution < 1.29 is 23.9 Å². The molecule has 3 aliphatic rings. The highest BCUT2D eigenvalue weighted by Crippen LogP contribution is 2.52. The number of fused-ring (bicyclic) bond motifs is 3. The van der Waals surface area contributed by atoms with Crippen LogP contribution in [0.2, 0.25) is 0 Å².